The molecule has 5 heteroatoms. The van der Waals surface area contributed by atoms with Crippen LogP contribution in [0.1, 0.15) is 86.0 Å². The molecule has 0 heterocycles. The lowest BCUT2D eigenvalue weighted by atomic mass is 9.44. The van der Waals surface area contributed by atoms with Crippen LogP contribution in [0.5, 0.6) is 0 Å². The molecule has 4 saturated carbocycles. The second-order valence-corrected chi connectivity index (χ2v) is 10.8. The Labute approximate surface area is 179 Å². The van der Waals surface area contributed by atoms with E-state index < -0.39 is 0 Å². The molecular weight excluding hydrogens is 380 g/mol. The summed E-state index contributed by atoms with van der Waals surface area (Å²) in [5, 5.41) is 0. The van der Waals surface area contributed by atoms with Crippen molar-refractivity contribution in [2.24, 2.45) is 34.5 Å². The number of ketones is 1. The molecule has 0 aliphatic heterocycles. The van der Waals surface area contributed by atoms with E-state index in [1.54, 1.807) is 0 Å². The molecule has 0 aromatic heterocycles. The van der Waals surface area contributed by atoms with Gasteiger partial charge in [0.2, 0.25) is 0 Å². The number of esters is 2. The van der Waals surface area contributed by atoms with Crippen LogP contribution < -0.4 is 0 Å². The first-order valence-corrected chi connectivity index (χ1v) is 11.6. The van der Waals surface area contributed by atoms with Gasteiger partial charge in [0.25, 0.3) is 0 Å². The third-order valence-corrected chi connectivity index (χ3v) is 9.14. The molecule has 7 atom stereocenters. The Morgan fingerprint density at radius 2 is 1.73 bits per heavy atom. The molecule has 4 fully saturated rings. The second kappa shape index (κ2) is 7.49. The lowest BCUT2D eigenvalue weighted by Crippen LogP contribution is -2.57. The Balaban J connectivity index is 1.60. The third kappa shape index (κ3) is 3.33. The van der Waals surface area contributed by atoms with Crippen molar-refractivity contribution in [2.45, 2.75) is 92.1 Å². The number of fused-ring (bicyclic) bond motifs is 5. The van der Waals surface area contributed by atoms with E-state index in [0.29, 0.717) is 35.7 Å². The molecule has 30 heavy (non-hydrogen) atoms. The van der Waals surface area contributed by atoms with E-state index in [4.69, 9.17) is 9.47 Å². The molecule has 0 radical (unpaired) electrons. The number of carbonyl (C=O) groups excluding carboxylic acids is 3. The average Bonchev–Trinajstić information content (AvgIpc) is 2.97. The van der Waals surface area contributed by atoms with Gasteiger partial charge in [0.05, 0.1) is 0 Å². The minimum Gasteiger partial charge on any atom is -0.463 e. The summed E-state index contributed by atoms with van der Waals surface area (Å²) >= 11 is 0. The van der Waals surface area contributed by atoms with Gasteiger partial charge in [-0.3, -0.25) is 14.4 Å². The van der Waals surface area contributed by atoms with Gasteiger partial charge in [-0.25, -0.2) is 0 Å². The molecular formula is C25H36O5. The summed E-state index contributed by atoms with van der Waals surface area (Å²) in [7, 11) is 0. The van der Waals surface area contributed by atoms with Gasteiger partial charge in [-0.2, -0.15) is 0 Å². The van der Waals surface area contributed by atoms with Crippen molar-refractivity contribution >= 4 is 17.7 Å². The van der Waals surface area contributed by atoms with Crippen molar-refractivity contribution in [3.8, 4) is 0 Å². The highest BCUT2D eigenvalue weighted by atomic mass is 16.5. The summed E-state index contributed by atoms with van der Waals surface area (Å²) in [5.41, 5.74) is 1.01. The zero-order chi connectivity index (χ0) is 21.8. The maximum absolute atomic E-state index is 13.7. The van der Waals surface area contributed by atoms with Gasteiger partial charge in [-0.15, -0.1) is 0 Å². The van der Waals surface area contributed by atoms with Crippen molar-refractivity contribution in [1.82, 2.24) is 0 Å². The maximum atomic E-state index is 13.7. The molecule has 0 aromatic carbocycles. The highest BCUT2D eigenvalue weighted by Gasteiger charge is 2.62. The van der Waals surface area contributed by atoms with Gasteiger partial charge in [-0.1, -0.05) is 13.8 Å². The smallest absolute Gasteiger partial charge is 0.307 e. The predicted molar refractivity (Wildman–Crippen MR) is 112 cm³/mol. The van der Waals surface area contributed by atoms with Gasteiger partial charge >= 0.3 is 11.9 Å². The molecule has 4 rings (SSSR count). The van der Waals surface area contributed by atoms with E-state index in [9.17, 15) is 14.4 Å². The monoisotopic (exact) mass is 416 g/mol. The average molecular weight is 417 g/mol. The van der Waals surface area contributed by atoms with Gasteiger partial charge in [0, 0.05) is 31.6 Å². The van der Waals surface area contributed by atoms with E-state index in [1.165, 1.54) is 19.4 Å². The molecule has 4 aliphatic rings. The van der Waals surface area contributed by atoms with Crippen molar-refractivity contribution in [2.75, 3.05) is 0 Å². The molecule has 4 aliphatic carbocycles. The Hall–Kier alpha value is -1.65. The standard InChI is InChI=1S/C25H36O5/c1-14(29-15(2)26)20-8-9-21-19-7-6-17-12-18(30-16(3)27)10-11-24(17,4)23(19)22(28)13-25(20,21)5/h17-19,21,23H,6-13H2,1-5H3/b20-14+. The lowest BCUT2D eigenvalue weighted by Gasteiger charge is -2.59. The van der Waals surface area contributed by atoms with Crippen LogP contribution >= 0.6 is 0 Å². The minimum absolute atomic E-state index is 0.00785. The largest absolute Gasteiger partial charge is 0.463 e. The third-order valence-electron chi connectivity index (χ3n) is 9.14. The molecule has 5 nitrogen and oxygen atoms in total. The van der Waals surface area contributed by atoms with Gasteiger partial charge in [0.1, 0.15) is 17.6 Å². The Bertz CT molecular complexity index is 797. The maximum Gasteiger partial charge on any atom is 0.307 e. The summed E-state index contributed by atoms with van der Waals surface area (Å²) in [5.74, 6) is 2.06. The number of allylic oxidation sites excluding steroid dienone is 2. The topological polar surface area (TPSA) is 69.7 Å². The van der Waals surface area contributed by atoms with E-state index >= 15 is 0 Å². The van der Waals surface area contributed by atoms with Crippen LogP contribution in [0.25, 0.3) is 0 Å². The van der Waals surface area contributed by atoms with Crippen LogP contribution in [-0.2, 0) is 23.9 Å². The number of carbonyl (C=O) groups is 3. The first-order valence-electron chi connectivity index (χ1n) is 11.6. The zero-order valence-electron chi connectivity index (χ0n) is 19.1. The van der Waals surface area contributed by atoms with Crippen molar-refractivity contribution in [3.05, 3.63) is 11.3 Å². The predicted octanol–water partition coefficient (Wildman–Crippen LogP) is 4.98. The van der Waals surface area contributed by atoms with Gasteiger partial charge in [0.15, 0.2) is 0 Å². The first-order chi connectivity index (χ1) is 14.1. The fourth-order valence-electron chi connectivity index (χ4n) is 8.05. The number of Topliss-reactive ketones (excluding diaryl/α,β-unsaturated/α-hetero) is 1. The van der Waals surface area contributed by atoms with Crippen LogP contribution in [-0.4, -0.2) is 23.8 Å². The SMILES string of the molecule is CC(=O)O/C(C)=C1\CCC2C3CCC4CC(OC(C)=O)CCC4(C)C3C(=O)CC12C. The van der Waals surface area contributed by atoms with E-state index in [2.05, 4.69) is 13.8 Å². The van der Waals surface area contributed by atoms with Crippen molar-refractivity contribution in [1.29, 1.82) is 0 Å². The highest BCUT2D eigenvalue weighted by Crippen LogP contribution is 2.66. The van der Waals surface area contributed by atoms with Crippen LogP contribution in [0, 0.1) is 34.5 Å². The molecule has 0 N–H and O–H groups in total. The highest BCUT2D eigenvalue weighted by molar-refractivity contribution is 5.85. The molecule has 7 unspecified atom stereocenters. The van der Waals surface area contributed by atoms with Crippen LogP contribution in [0.3, 0.4) is 0 Å². The molecule has 0 amide bonds. The van der Waals surface area contributed by atoms with Crippen LogP contribution in [0.4, 0.5) is 0 Å². The fraction of sp³-hybridized carbons (Fsp3) is 0.800. The summed E-state index contributed by atoms with van der Waals surface area (Å²) in [6.45, 7) is 9.37. The summed E-state index contributed by atoms with van der Waals surface area (Å²) in [4.78, 5) is 36.6. The Morgan fingerprint density at radius 1 is 1.00 bits per heavy atom. The van der Waals surface area contributed by atoms with Gasteiger partial charge in [-0.05, 0) is 80.6 Å². The van der Waals surface area contributed by atoms with Crippen molar-refractivity contribution in [3.63, 3.8) is 0 Å². The number of hydrogen-bond acceptors (Lipinski definition) is 5. The Morgan fingerprint density at radius 3 is 2.40 bits per heavy atom. The van der Waals surface area contributed by atoms with Crippen molar-refractivity contribution < 1.29 is 23.9 Å². The number of rotatable bonds is 2. The molecule has 0 aromatic rings. The second-order valence-electron chi connectivity index (χ2n) is 10.8. The number of hydrogen-bond donors (Lipinski definition) is 0. The number of ether oxygens (including phenoxy) is 2. The summed E-state index contributed by atoms with van der Waals surface area (Å²) < 4.78 is 11.0. The van der Waals surface area contributed by atoms with E-state index in [-0.39, 0.29) is 34.8 Å². The molecule has 166 valence electrons. The summed E-state index contributed by atoms with van der Waals surface area (Å²) in [6.07, 6.45) is 7.46. The first kappa shape index (κ1) is 21.6. The molecule has 0 bridgehead atoms. The van der Waals surface area contributed by atoms with E-state index in [0.717, 1.165) is 44.9 Å². The normalized spacial score (nSPS) is 44.4. The fourth-order valence-corrected chi connectivity index (χ4v) is 8.05. The molecule has 0 spiro atoms. The lowest BCUT2D eigenvalue weighted by molar-refractivity contribution is -0.166. The molecule has 0 saturated heterocycles. The summed E-state index contributed by atoms with van der Waals surface area (Å²) in [6, 6.07) is 0. The zero-order valence-corrected chi connectivity index (χ0v) is 19.1. The van der Waals surface area contributed by atoms with Crippen LogP contribution in [0.2, 0.25) is 0 Å². The Kier molecular flexibility index (Phi) is 5.39. The van der Waals surface area contributed by atoms with Crippen LogP contribution in [0.15, 0.2) is 11.3 Å². The minimum atomic E-state index is -0.287. The van der Waals surface area contributed by atoms with Gasteiger partial charge < -0.3 is 9.47 Å². The van der Waals surface area contributed by atoms with E-state index in [1.807, 2.05) is 6.92 Å². The quantitative estimate of drug-likeness (QED) is 0.469.